The van der Waals surface area contributed by atoms with E-state index in [0.29, 0.717) is 0 Å². The second-order valence-corrected chi connectivity index (χ2v) is 5.58. The second kappa shape index (κ2) is 6.97. The summed E-state index contributed by atoms with van der Waals surface area (Å²) in [5, 5.41) is 0.169. The molecule has 0 N–H and O–H groups in total. The molecule has 3 aromatic rings. The predicted molar refractivity (Wildman–Crippen MR) is 90.6 cm³/mol. The maximum atomic E-state index is 13.0. The fraction of sp³-hybridized carbons (Fsp3) is 0.176. The van der Waals surface area contributed by atoms with Crippen molar-refractivity contribution in [2.45, 2.75) is 12.9 Å². The normalized spacial score (nSPS) is 11.8. The van der Waals surface area contributed by atoms with Gasteiger partial charge in [0.15, 0.2) is 0 Å². The lowest BCUT2D eigenvalue weighted by Crippen LogP contribution is -2.40. The third-order valence-corrected chi connectivity index (χ3v) is 3.93. The second-order valence-electron chi connectivity index (χ2n) is 5.36. The van der Waals surface area contributed by atoms with E-state index >= 15 is 0 Å². The van der Waals surface area contributed by atoms with Crippen LogP contribution in [0.25, 0.3) is 16.6 Å². The molecule has 1 heterocycles. The molecule has 0 saturated carbocycles. The van der Waals surface area contributed by atoms with E-state index in [1.165, 1.54) is 24.3 Å². The lowest BCUT2D eigenvalue weighted by atomic mass is 10.1. The van der Waals surface area contributed by atoms with Gasteiger partial charge in [-0.1, -0.05) is 29.8 Å². The van der Waals surface area contributed by atoms with Crippen LogP contribution >= 0.6 is 11.6 Å². The Morgan fingerprint density at radius 3 is 2.46 bits per heavy atom. The number of halogens is 4. The first-order chi connectivity index (χ1) is 12.3. The van der Waals surface area contributed by atoms with E-state index in [9.17, 15) is 22.8 Å². The zero-order chi connectivity index (χ0) is 18.9. The molecule has 0 atom stereocenters. The van der Waals surface area contributed by atoms with Crippen molar-refractivity contribution >= 4 is 22.5 Å². The maximum absolute atomic E-state index is 13.0. The van der Waals surface area contributed by atoms with Crippen LogP contribution in [0.1, 0.15) is 5.56 Å². The smallest absolute Gasteiger partial charge is 0.345 e. The highest BCUT2D eigenvalue weighted by atomic mass is 35.5. The number of benzene rings is 2. The van der Waals surface area contributed by atoms with Gasteiger partial charge < -0.3 is 4.74 Å². The zero-order valence-corrected chi connectivity index (χ0v) is 13.9. The van der Waals surface area contributed by atoms with E-state index in [1.807, 2.05) is 0 Å². The Bertz CT molecular complexity index is 1070. The molecule has 1 aromatic heterocycles. The highest BCUT2D eigenvalue weighted by molar-refractivity contribution is 6.17. The molecule has 0 bridgehead atoms. The predicted octanol–water partition coefficient (Wildman–Crippen LogP) is 3.34. The van der Waals surface area contributed by atoms with Crippen LogP contribution in [0.3, 0.4) is 0 Å². The average molecular weight is 385 g/mol. The maximum Gasteiger partial charge on any atom is 0.416 e. The van der Waals surface area contributed by atoms with Crippen molar-refractivity contribution in [2.24, 2.45) is 0 Å². The Labute approximate surface area is 149 Å². The Morgan fingerprint density at radius 2 is 1.77 bits per heavy atom. The highest BCUT2D eigenvalue weighted by Gasteiger charge is 2.30. The fourth-order valence-electron chi connectivity index (χ4n) is 2.62. The summed E-state index contributed by atoms with van der Waals surface area (Å²) in [5.41, 5.74) is -2.15. The van der Waals surface area contributed by atoms with E-state index in [0.717, 1.165) is 21.3 Å². The summed E-state index contributed by atoms with van der Waals surface area (Å²) >= 11 is 5.43. The number of aromatic nitrogens is 2. The molecule has 0 spiro atoms. The monoisotopic (exact) mass is 384 g/mol. The van der Waals surface area contributed by atoms with Gasteiger partial charge in [0.25, 0.3) is 5.56 Å². The number of hydrogen-bond acceptors (Lipinski definition) is 3. The molecule has 5 nitrogen and oxygen atoms in total. The number of fused-ring (bicyclic) bond motifs is 1. The number of nitrogens with zero attached hydrogens (tertiary/aromatic N) is 2. The minimum Gasteiger partial charge on any atom is -0.345 e. The molecule has 0 amide bonds. The average Bonchev–Trinajstić information content (AvgIpc) is 2.61. The quantitative estimate of drug-likeness (QED) is 0.648. The first-order valence-corrected chi connectivity index (χ1v) is 7.94. The number of ether oxygens (including phenoxy) is 1. The molecule has 3 rings (SSSR count). The van der Waals surface area contributed by atoms with Gasteiger partial charge in [0, 0.05) is 0 Å². The third-order valence-electron chi connectivity index (χ3n) is 3.77. The molecule has 0 saturated heterocycles. The summed E-state index contributed by atoms with van der Waals surface area (Å²) in [6.07, 6.45) is -4.56. The van der Waals surface area contributed by atoms with Crippen molar-refractivity contribution in [3.63, 3.8) is 0 Å². The summed E-state index contributed by atoms with van der Waals surface area (Å²) in [5.74, 6) is 0. The van der Waals surface area contributed by atoms with Crippen LogP contribution in [-0.4, -0.2) is 15.2 Å². The van der Waals surface area contributed by atoms with Crippen LogP contribution in [0, 0.1) is 0 Å². The van der Waals surface area contributed by atoms with Gasteiger partial charge >= 0.3 is 11.9 Å². The fourth-order valence-corrected chi connectivity index (χ4v) is 2.68. The molecular weight excluding hydrogens is 373 g/mol. The Kier molecular flexibility index (Phi) is 4.88. The standard InChI is InChI=1S/C17H12ClF3N2O3/c18-9-26-10-22-15(24)13-6-1-2-7-14(13)23(16(22)25)12-5-3-4-11(8-12)17(19,20)21/h1-8H,9-10H2. The molecule has 0 aliphatic carbocycles. The lowest BCUT2D eigenvalue weighted by molar-refractivity contribution is -0.137. The van der Waals surface area contributed by atoms with Crippen molar-refractivity contribution in [1.82, 2.24) is 9.13 Å². The molecule has 0 aliphatic rings. The van der Waals surface area contributed by atoms with Gasteiger partial charge in [-0.25, -0.2) is 9.36 Å². The Balaban J connectivity index is 2.36. The molecule has 26 heavy (non-hydrogen) atoms. The molecule has 0 fully saturated rings. The minimum atomic E-state index is -4.56. The molecule has 0 radical (unpaired) electrons. The van der Waals surface area contributed by atoms with Crippen LogP contribution < -0.4 is 11.2 Å². The Morgan fingerprint density at radius 1 is 1.04 bits per heavy atom. The van der Waals surface area contributed by atoms with Gasteiger partial charge in [-0.2, -0.15) is 13.2 Å². The number of para-hydroxylation sites is 1. The zero-order valence-electron chi connectivity index (χ0n) is 13.2. The van der Waals surface area contributed by atoms with Crippen LogP contribution in [-0.2, 0) is 17.6 Å². The SMILES string of the molecule is O=c1c2ccccc2n(-c2cccc(C(F)(F)F)c2)c(=O)n1COCCl. The largest absolute Gasteiger partial charge is 0.416 e. The third kappa shape index (κ3) is 3.25. The van der Waals surface area contributed by atoms with Gasteiger partial charge in [0.2, 0.25) is 0 Å². The summed E-state index contributed by atoms with van der Waals surface area (Å²) in [6, 6.07) is 10.2. The van der Waals surface area contributed by atoms with E-state index in [1.54, 1.807) is 12.1 Å². The topological polar surface area (TPSA) is 53.2 Å². The van der Waals surface area contributed by atoms with Crippen LogP contribution in [0.15, 0.2) is 58.1 Å². The summed E-state index contributed by atoms with van der Waals surface area (Å²) < 4.78 is 45.9. The number of hydrogen-bond donors (Lipinski definition) is 0. The van der Waals surface area contributed by atoms with E-state index in [-0.39, 0.29) is 22.7 Å². The Hall–Kier alpha value is -2.58. The van der Waals surface area contributed by atoms with Crippen molar-refractivity contribution in [3.8, 4) is 5.69 Å². The molecule has 9 heteroatoms. The van der Waals surface area contributed by atoms with Crippen molar-refractivity contribution in [3.05, 3.63) is 74.9 Å². The van der Waals surface area contributed by atoms with E-state index in [4.69, 9.17) is 16.3 Å². The van der Waals surface area contributed by atoms with E-state index in [2.05, 4.69) is 0 Å². The van der Waals surface area contributed by atoms with E-state index < -0.39 is 29.7 Å². The van der Waals surface area contributed by atoms with Crippen LogP contribution in [0.2, 0.25) is 0 Å². The lowest BCUT2D eigenvalue weighted by Gasteiger charge is -2.15. The molecule has 2 aromatic carbocycles. The van der Waals surface area contributed by atoms with Crippen LogP contribution in [0.4, 0.5) is 13.2 Å². The van der Waals surface area contributed by atoms with Crippen molar-refractivity contribution < 1.29 is 17.9 Å². The summed E-state index contributed by atoms with van der Waals surface area (Å²) in [4.78, 5) is 25.3. The van der Waals surface area contributed by atoms with Gasteiger partial charge in [-0.15, -0.1) is 0 Å². The molecule has 0 unspecified atom stereocenters. The molecular formula is C17H12ClF3N2O3. The highest BCUT2D eigenvalue weighted by Crippen LogP contribution is 2.30. The first-order valence-electron chi connectivity index (χ1n) is 7.40. The minimum absolute atomic E-state index is 0.0133. The van der Waals surface area contributed by atoms with Gasteiger partial charge in [0.1, 0.15) is 12.8 Å². The summed E-state index contributed by atoms with van der Waals surface area (Å²) in [7, 11) is 0. The number of rotatable bonds is 4. The molecule has 0 aliphatic heterocycles. The number of alkyl halides is 4. The van der Waals surface area contributed by atoms with Gasteiger partial charge in [-0.3, -0.25) is 9.36 Å². The van der Waals surface area contributed by atoms with Crippen molar-refractivity contribution in [2.75, 3.05) is 6.07 Å². The van der Waals surface area contributed by atoms with Gasteiger partial charge in [0.05, 0.1) is 22.2 Å². The summed E-state index contributed by atoms with van der Waals surface area (Å²) in [6.45, 7) is -0.412. The van der Waals surface area contributed by atoms with Crippen LogP contribution in [0.5, 0.6) is 0 Å². The first kappa shape index (κ1) is 18.2. The van der Waals surface area contributed by atoms with Gasteiger partial charge in [-0.05, 0) is 30.3 Å². The molecule has 136 valence electrons. The van der Waals surface area contributed by atoms with Crippen molar-refractivity contribution in [1.29, 1.82) is 0 Å².